The summed E-state index contributed by atoms with van der Waals surface area (Å²) in [5, 5.41) is 21.1. The average Bonchev–Trinajstić information content (AvgIpc) is 3.36. The molecule has 9 nitrogen and oxygen atoms in total. The number of halogens is 1. The molecule has 0 saturated carbocycles. The molecule has 3 aromatic rings. The minimum absolute atomic E-state index is 0.00795. The topological polar surface area (TPSA) is 128 Å². The molecule has 2 atom stereocenters. The molecule has 0 bridgehead atoms. The van der Waals surface area contributed by atoms with Gasteiger partial charge in [-0.2, -0.15) is 0 Å². The monoisotopic (exact) mass is 494 g/mol. The molecule has 0 radical (unpaired) electrons. The molecule has 0 fully saturated rings. The maximum absolute atomic E-state index is 14.9. The van der Waals surface area contributed by atoms with E-state index in [0.29, 0.717) is 44.5 Å². The SMILES string of the molecule is CC[C@@]1(O)C(=O)OCc2c1cc1n(c2=O)Cc2c-1nc1cc(F)c(C)c3c1c2C(C)(OC(=O)CO)C3. The van der Waals surface area contributed by atoms with Crippen molar-refractivity contribution in [2.75, 3.05) is 6.61 Å². The highest BCUT2D eigenvalue weighted by Crippen LogP contribution is 2.50. The van der Waals surface area contributed by atoms with E-state index in [0.717, 1.165) is 0 Å². The van der Waals surface area contributed by atoms with Crippen LogP contribution < -0.4 is 5.56 Å². The molecule has 36 heavy (non-hydrogen) atoms. The fraction of sp³-hybridized carbons (Fsp3) is 0.385. The maximum atomic E-state index is 14.9. The van der Waals surface area contributed by atoms with Gasteiger partial charge in [0, 0.05) is 34.6 Å². The largest absolute Gasteiger partial charge is 0.458 e. The molecule has 4 heterocycles. The van der Waals surface area contributed by atoms with Crippen molar-refractivity contribution in [2.24, 2.45) is 0 Å². The van der Waals surface area contributed by atoms with Crippen molar-refractivity contribution in [2.45, 2.75) is 58.0 Å². The molecule has 2 aliphatic heterocycles. The van der Waals surface area contributed by atoms with Crippen molar-refractivity contribution < 1.29 is 33.7 Å². The number of nitrogens with zero attached hydrogens (tertiary/aromatic N) is 2. The Balaban J connectivity index is 1.68. The second-order valence-electron chi connectivity index (χ2n) is 9.81. The van der Waals surface area contributed by atoms with Crippen molar-refractivity contribution in [3.8, 4) is 11.4 Å². The Morgan fingerprint density at radius 2 is 2.03 bits per heavy atom. The predicted molar refractivity (Wildman–Crippen MR) is 123 cm³/mol. The summed E-state index contributed by atoms with van der Waals surface area (Å²) in [6.07, 6.45) is 0.194. The van der Waals surface area contributed by atoms with Crippen molar-refractivity contribution in [1.29, 1.82) is 0 Å². The highest BCUT2D eigenvalue weighted by atomic mass is 19.1. The lowest BCUT2D eigenvalue weighted by Gasteiger charge is -2.31. The Morgan fingerprint density at radius 3 is 2.72 bits per heavy atom. The molecule has 186 valence electrons. The van der Waals surface area contributed by atoms with Gasteiger partial charge in [0.1, 0.15) is 24.6 Å². The zero-order chi connectivity index (χ0) is 25.7. The minimum Gasteiger partial charge on any atom is -0.458 e. The van der Waals surface area contributed by atoms with Gasteiger partial charge >= 0.3 is 11.9 Å². The Morgan fingerprint density at radius 1 is 1.28 bits per heavy atom. The number of esters is 2. The summed E-state index contributed by atoms with van der Waals surface area (Å²) in [4.78, 5) is 42.9. The molecule has 0 amide bonds. The number of aromatic nitrogens is 2. The minimum atomic E-state index is -1.97. The lowest BCUT2D eigenvalue weighted by atomic mass is 9.86. The molecule has 0 saturated heterocycles. The number of cyclic esters (lactones) is 1. The molecule has 1 aliphatic carbocycles. The molecule has 2 N–H and O–H groups in total. The summed E-state index contributed by atoms with van der Waals surface area (Å²) in [5.41, 5.74) is 0.166. The van der Waals surface area contributed by atoms with E-state index in [-0.39, 0.29) is 37.1 Å². The van der Waals surface area contributed by atoms with Gasteiger partial charge in [-0.25, -0.2) is 19.0 Å². The van der Waals surface area contributed by atoms with E-state index in [1.165, 1.54) is 10.6 Å². The number of benzene rings is 1. The van der Waals surface area contributed by atoms with Gasteiger partial charge in [-0.3, -0.25) is 4.79 Å². The van der Waals surface area contributed by atoms with Gasteiger partial charge in [-0.15, -0.1) is 0 Å². The highest BCUT2D eigenvalue weighted by Gasteiger charge is 2.48. The Bertz CT molecular complexity index is 1610. The van der Waals surface area contributed by atoms with Crippen LogP contribution in [0.1, 0.15) is 53.6 Å². The predicted octanol–water partition coefficient (Wildman–Crippen LogP) is 1.83. The molecule has 1 unspecified atom stereocenters. The van der Waals surface area contributed by atoms with Gasteiger partial charge in [-0.05, 0) is 37.5 Å². The molecule has 2 aromatic heterocycles. The fourth-order valence-electron chi connectivity index (χ4n) is 5.99. The first-order valence-electron chi connectivity index (χ1n) is 11.7. The molecular formula is C26H23FN2O7. The van der Waals surface area contributed by atoms with E-state index in [2.05, 4.69) is 0 Å². The number of hydrogen-bond acceptors (Lipinski definition) is 8. The number of carbonyl (C=O) groups excluding carboxylic acids is 2. The Kier molecular flexibility index (Phi) is 4.57. The summed E-state index contributed by atoms with van der Waals surface area (Å²) in [5.74, 6) is -2.11. The third-order valence-electron chi connectivity index (χ3n) is 7.81. The molecule has 3 aliphatic rings. The van der Waals surface area contributed by atoms with Crippen LogP contribution >= 0.6 is 0 Å². The van der Waals surface area contributed by atoms with Gasteiger partial charge < -0.3 is 24.3 Å². The molecule has 6 rings (SSSR count). The summed E-state index contributed by atoms with van der Waals surface area (Å²) < 4.78 is 27.2. The zero-order valence-corrected chi connectivity index (χ0v) is 19.9. The molecular weight excluding hydrogens is 471 g/mol. The van der Waals surface area contributed by atoms with Gasteiger partial charge in [0.15, 0.2) is 5.60 Å². The normalized spacial score (nSPS) is 23.3. The van der Waals surface area contributed by atoms with Gasteiger partial charge in [0.05, 0.1) is 29.0 Å². The Labute approximate surface area is 204 Å². The standard InChI is InChI=1S/C26H23FN2O7/c1-4-26(34)15-5-18-22-13(8-29(18)23(32)14(15)10-35-24(26)33)21-20-12(7-25(21,3)36-19(31)9-30)11(2)16(27)6-17(20)28-22/h5-6,30,34H,4,7-10H2,1-3H3/t25?,26-/m0/s1. The summed E-state index contributed by atoms with van der Waals surface area (Å²) in [6.45, 7) is 4.01. The van der Waals surface area contributed by atoms with Crippen molar-refractivity contribution >= 4 is 22.8 Å². The van der Waals surface area contributed by atoms with Crippen LogP contribution in [-0.2, 0) is 49.8 Å². The van der Waals surface area contributed by atoms with Crippen LogP contribution in [0.4, 0.5) is 4.39 Å². The smallest absolute Gasteiger partial charge is 0.343 e. The van der Waals surface area contributed by atoms with Crippen LogP contribution in [0.25, 0.3) is 22.3 Å². The molecule has 0 spiro atoms. The van der Waals surface area contributed by atoms with Crippen molar-refractivity contribution in [3.63, 3.8) is 0 Å². The summed E-state index contributed by atoms with van der Waals surface area (Å²) >= 11 is 0. The number of pyridine rings is 2. The van der Waals surface area contributed by atoms with E-state index in [1.807, 2.05) is 0 Å². The van der Waals surface area contributed by atoms with Crippen LogP contribution in [0.2, 0.25) is 0 Å². The molecule has 1 aromatic carbocycles. The number of rotatable bonds is 3. The lowest BCUT2D eigenvalue weighted by molar-refractivity contribution is -0.172. The van der Waals surface area contributed by atoms with E-state index in [4.69, 9.17) is 14.5 Å². The number of ether oxygens (including phenoxy) is 2. The fourth-order valence-corrected chi connectivity index (χ4v) is 5.99. The van der Waals surface area contributed by atoms with Crippen LogP contribution in [0.3, 0.4) is 0 Å². The van der Waals surface area contributed by atoms with Crippen molar-refractivity contribution in [3.05, 3.63) is 61.7 Å². The quantitative estimate of drug-likeness (QED) is 0.413. The number of aliphatic hydroxyl groups is 2. The van der Waals surface area contributed by atoms with Crippen LogP contribution in [0.15, 0.2) is 16.9 Å². The first kappa shape index (κ1) is 22.8. The van der Waals surface area contributed by atoms with Crippen molar-refractivity contribution in [1.82, 2.24) is 9.55 Å². The van der Waals surface area contributed by atoms with E-state index >= 15 is 0 Å². The van der Waals surface area contributed by atoms with Gasteiger partial charge in [0.25, 0.3) is 5.56 Å². The molecule has 10 heteroatoms. The average molecular weight is 494 g/mol. The number of fused-ring (bicyclic) bond motifs is 5. The van der Waals surface area contributed by atoms with Gasteiger partial charge in [0.2, 0.25) is 0 Å². The van der Waals surface area contributed by atoms with Gasteiger partial charge in [-0.1, -0.05) is 6.92 Å². The van der Waals surface area contributed by atoms with Crippen LogP contribution in [0, 0.1) is 12.7 Å². The van der Waals surface area contributed by atoms with Crippen LogP contribution in [0.5, 0.6) is 0 Å². The summed E-state index contributed by atoms with van der Waals surface area (Å²) in [6, 6.07) is 2.89. The maximum Gasteiger partial charge on any atom is 0.343 e. The first-order chi connectivity index (χ1) is 17.0. The van der Waals surface area contributed by atoms with E-state index in [9.17, 15) is 29.0 Å². The zero-order valence-electron chi connectivity index (χ0n) is 19.9. The second kappa shape index (κ2) is 7.21. The van der Waals surface area contributed by atoms with Crippen LogP contribution in [-0.4, -0.2) is 38.3 Å². The lowest BCUT2D eigenvalue weighted by Crippen LogP contribution is -2.44. The van der Waals surface area contributed by atoms with E-state index in [1.54, 1.807) is 26.8 Å². The third kappa shape index (κ3) is 2.71. The summed E-state index contributed by atoms with van der Waals surface area (Å²) in [7, 11) is 0. The highest BCUT2D eigenvalue weighted by molar-refractivity contribution is 5.95. The van der Waals surface area contributed by atoms with E-state index < -0.39 is 41.1 Å². The Hall–Kier alpha value is -3.63. The number of hydrogen-bond donors (Lipinski definition) is 2. The third-order valence-corrected chi connectivity index (χ3v) is 7.81. The first-order valence-corrected chi connectivity index (χ1v) is 11.7. The number of carbonyl (C=O) groups is 2. The second-order valence-corrected chi connectivity index (χ2v) is 9.81. The number of aliphatic hydroxyl groups excluding tert-OH is 1.